The van der Waals surface area contributed by atoms with E-state index in [1.807, 2.05) is 13.0 Å². The summed E-state index contributed by atoms with van der Waals surface area (Å²) in [5.41, 5.74) is 7.68. The first kappa shape index (κ1) is 32.8. The van der Waals surface area contributed by atoms with Crippen molar-refractivity contribution in [3.8, 4) is 5.75 Å². The predicted molar refractivity (Wildman–Crippen MR) is 149 cm³/mol. The highest BCUT2D eigenvalue weighted by molar-refractivity contribution is 6.20. The minimum Gasteiger partial charge on any atom is -0.488 e. The Hall–Kier alpha value is -4.10. The third-order valence-corrected chi connectivity index (χ3v) is 7.37. The number of benzodiazepines with no additional fused rings is 1. The van der Waals surface area contributed by atoms with Gasteiger partial charge in [-0.1, -0.05) is 35.9 Å². The van der Waals surface area contributed by atoms with Crippen LogP contribution in [0.3, 0.4) is 0 Å². The Morgan fingerprint density at radius 3 is 2.43 bits per heavy atom. The van der Waals surface area contributed by atoms with Crippen molar-refractivity contribution in [1.82, 2.24) is 5.32 Å². The molecule has 2 unspecified atom stereocenters. The van der Waals surface area contributed by atoms with Crippen LogP contribution in [0.15, 0.2) is 47.5 Å². The Balaban J connectivity index is 1.71. The number of aryl methyl sites for hydroxylation is 1. The average Bonchev–Trinajstić information content (AvgIpc) is 3.79. The second-order valence-corrected chi connectivity index (χ2v) is 10.9. The molecular formula is C30H32F6N4O4. The summed E-state index contributed by atoms with van der Waals surface area (Å²) < 4.78 is 86.3. The number of fused-ring (bicyclic) bond motifs is 1. The molecule has 0 saturated heterocycles. The number of benzene rings is 2. The number of carbonyl (C=O) groups excluding carboxylic acids is 3. The maximum absolute atomic E-state index is 14.4. The molecule has 14 heteroatoms. The van der Waals surface area contributed by atoms with Crippen LogP contribution in [0.5, 0.6) is 5.75 Å². The molecule has 8 nitrogen and oxygen atoms in total. The van der Waals surface area contributed by atoms with Crippen LogP contribution >= 0.6 is 0 Å². The van der Waals surface area contributed by atoms with Crippen LogP contribution in [-0.2, 0) is 14.4 Å². The number of nitrogens with zero attached hydrogens (tertiary/aromatic N) is 1. The van der Waals surface area contributed by atoms with Crippen molar-refractivity contribution >= 4 is 29.1 Å². The fraction of sp³-hybridized carbons (Fsp3) is 0.467. The number of para-hydroxylation sites is 1. The standard InChI is InChI=1S/C30H32F6N4O4/c1-15-4-2-5-16(12-15)24-19-6-3-7-23(44-17-8-9-17)25(19)39-29(43)27(38-24)40-28(42)18(10-11-30(34,35)36)20(26(37)41)13-21(32)22(33)14-31/h2-7,12,17-18,20-22,27H,8-11,13-14H2,1H3,(H2,37,41)(H,39,43)(H,40,42)/t18-,20+,21?,22?,27-/m1/s1. The van der Waals surface area contributed by atoms with Crippen molar-refractivity contribution in [3.63, 3.8) is 0 Å². The van der Waals surface area contributed by atoms with E-state index >= 15 is 0 Å². The monoisotopic (exact) mass is 626 g/mol. The molecule has 1 aliphatic carbocycles. The van der Waals surface area contributed by atoms with Crippen molar-refractivity contribution in [2.24, 2.45) is 22.6 Å². The molecule has 0 radical (unpaired) electrons. The van der Waals surface area contributed by atoms with E-state index in [1.165, 1.54) is 0 Å². The average molecular weight is 627 g/mol. The highest BCUT2D eigenvalue weighted by atomic mass is 19.4. The van der Waals surface area contributed by atoms with Crippen LogP contribution in [0, 0.1) is 18.8 Å². The first-order valence-electron chi connectivity index (χ1n) is 14.0. The van der Waals surface area contributed by atoms with Gasteiger partial charge in [-0.3, -0.25) is 14.4 Å². The molecule has 1 saturated carbocycles. The smallest absolute Gasteiger partial charge is 0.389 e. The van der Waals surface area contributed by atoms with Gasteiger partial charge in [-0.15, -0.1) is 0 Å². The fourth-order valence-corrected chi connectivity index (χ4v) is 4.93. The molecule has 2 aliphatic rings. The number of carbonyl (C=O) groups is 3. The molecular weight excluding hydrogens is 594 g/mol. The zero-order valence-corrected chi connectivity index (χ0v) is 23.7. The maximum Gasteiger partial charge on any atom is 0.389 e. The quantitative estimate of drug-likeness (QED) is 0.275. The van der Waals surface area contributed by atoms with Crippen LogP contribution in [0.1, 0.15) is 48.8 Å². The van der Waals surface area contributed by atoms with Crippen molar-refractivity contribution in [2.75, 3.05) is 12.0 Å². The third-order valence-electron chi connectivity index (χ3n) is 7.37. The molecule has 0 spiro atoms. The largest absolute Gasteiger partial charge is 0.488 e. The summed E-state index contributed by atoms with van der Waals surface area (Å²) in [5.74, 6) is -7.06. The number of aliphatic imine (C=N–C) groups is 1. The molecule has 44 heavy (non-hydrogen) atoms. The van der Waals surface area contributed by atoms with Gasteiger partial charge in [0.25, 0.3) is 5.91 Å². The Morgan fingerprint density at radius 2 is 1.82 bits per heavy atom. The van der Waals surface area contributed by atoms with Crippen molar-refractivity contribution in [2.45, 2.75) is 69.8 Å². The van der Waals surface area contributed by atoms with E-state index in [0.29, 0.717) is 16.9 Å². The number of nitrogens with one attached hydrogen (secondary N) is 2. The summed E-state index contributed by atoms with van der Waals surface area (Å²) in [6.45, 7) is 0.0764. The number of halogens is 6. The maximum atomic E-state index is 14.4. The van der Waals surface area contributed by atoms with Gasteiger partial charge in [-0.05, 0) is 44.7 Å². The number of anilines is 1. The Morgan fingerprint density at radius 1 is 1.11 bits per heavy atom. The number of alkyl halides is 6. The molecule has 2 aromatic carbocycles. The zero-order chi connectivity index (χ0) is 32.2. The number of rotatable bonds is 13. The van der Waals surface area contributed by atoms with Crippen molar-refractivity contribution in [3.05, 3.63) is 59.2 Å². The number of amides is 3. The fourth-order valence-electron chi connectivity index (χ4n) is 4.93. The lowest BCUT2D eigenvalue weighted by Crippen LogP contribution is -2.48. The molecule has 4 rings (SSSR count). The van der Waals surface area contributed by atoms with Gasteiger partial charge in [0.05, 0.1) is 23.4 Å². The molecule has 3 amide bonds. The summed E-state index contributed by atoms with van der Waals surface area (Å²) in [6, 6.07) is 12.1. The second kappa shape index (κ2) is 13.7. The van der Waals surface area contributed by atoms with Gasteiger partial charge in [0.1, 0.15) is 18.6 Å². The lowest BCUT2D eigenvalue weighted by molar-refractivity contribution is -0.147. The van der Waals surface area contributed by atoms with E-state index in [2.05, 4.69) is 15.6 Å². The van der Waals surface area contributed by atoms with Crippen LogP contribution in [0.25, 0.3) is 0 Å². The Bertz CT molecular complexity index is 1410. The highest BCUT2D eigenvalue weighted by Gasteiger charge is 2.41. The summed E-state index contributed by atoms with van der Waals surface area (Å²) in [4.78, 5) is 43.7. The van der Waals surface area contributed by atoms with E-state index in [4.69, 9.17) is 10.5 Å². The van der Waals surface area contributed by atoms with Gasteiger partial charge in [0.2, 0.25) is 18.0 Å². The minimum atomic E-state index is -4.78. The summed E-state index contributed by atoms with van der Waals surface area (Å²) in [5, 5.41) is 4.95. The Kier molecular flexibility index (Phi) is 10.2. The first-order chi connectivity index (χ1) is 20.8. The molecule has 4 N–H and O–H groups in total. The van der Waals surface area contributed by atoms with Gasteiger partial charge in [0.15, 0.2) is 6.17 Å². The summed E-state index contributed by atoms with van der Waals surface area (Å²) >= 11 is 0. The van der Waals surface area contributed by atoms with Crippen LogP contribution in [0.4, 0.5) is 32.0 Å². The number of hydrogen-bond donors (Lipinski definition) is 3. The Labute approximate surface area is 249 Å². The third kappa shape index (κ3) is 8.29. The molecule has 0 aromatic heterocycles. The molecule has 5 atom stereocenters. The summed E-state index contributed by atoms with van der Waals surface area (Å²) in [7, 11) is 0. The minimum absolute atomic E-state index is 0.0442. The van der Waals surface area contributed by atoms with E-state index < -0.39 is 80.2 Å². The van der Waals surface area contributed by atoms with Gasteiger partial charge in [-0.2, -0.15) is 13.2 Å². The molecule has 1 fully saturated rings. The van der Waals surface area contributed by atoms with Gasteiger partial charge in [0, 0.05) is 23.5 Å². The lowest BCUT2D eigenvalue weighted by Gasteiger charge is -2.27. The molecule has 238 valence electrons. The normalized spacial score (nSPS) is 19.4. The number of ether oxygens (including phenoxy) is 1. The van der Waals surface area contributed by atoms with E-state index in [0.717, 1.165) is 18.4 Å². The number of hydrogen-bond acceptors (Lipinski definition) is 5. The highest BCUT2D eigenvalue weighted by Crippen LogP contribution is 2.37. The van der Waals surface area contributed by atoms with Crippen LogP contribution < -0.4 is 21.1 Å². The second-order valence-electron chi connectivity index (χ2n) is 10.9. The summed E-state index contributed by atoms with van der Waals surface area (Å²) in [6.07, 6.45) is -14.0. The molecule has 1 heterocycles. The van der Waals surface area contributed by atoms with Gasteiger partial charge in [-0.25, -0.2) is 18.2 Å². The van der Waals surface area contributed by atoms with Crippen LogP contribution in [-0.4, -0.2) is 60.9 Å². The lowest BCUT2D eigenvalue weighted by atomic mass is 9.82. The topological polar surface area (TPSA) is 123 Å². The van der Waals surface area contributed by atoms with Crippen molar-refractivity contribution < 1.29 is 45.5 Å². The van der Waals surface area contributed by atoms with E-state index in [9.17, 15) is 40.7 Å². The number of nitrogens with two attached hydrogens (primary N) is 1. The molecule has 2 aromatic rings. The van der Waals surface area contributed by atoms with Gasteiger partial charge < -0.3 is 21.1 Å². The SMILES string of the molecule is Cc1cccc(C2=N[C@H](NC(=O)[C@H](CCC(F)(F)F)[C@H](CC(F)C(F)CF)C(N)=O)C(=O)Nc3c(OC4CC4)cccc32)c1. The van der Waals surface area contributed by atoms with E-state index in [1.54, 1.807) is 36.4 Å². The first-order valence-corrected chi connectivity index (χ1v) is 14.0. The number of primary amides is 1. The molecule has 0 bridgehead atoms. The van der Waals surface area contributed by atoms with Crippen LogP contribution in [0.2, 0.25) is 0 Å². The van der Waals surface area contributed by atoms with Gasteiger partial charge >= 0.3 is 6.18 Å². The van der Waals surface area contributed by atoms with Crippen molar-refractivity contribution in [1.29, 1.82) is 0 Å². The van der Waals surface area contributed by atoms with E-state index in [-0.39, 0.29) is 17.5 Å². The predicted octanol–water partition coefficient (Wildman–Crippen LogP) is 4.86. The molecule has 1 aliphatic heterocycles. The zero-order valence-electron chi connectivity index (χ0n) is 23.7.